The van der Waals surface area contributed by atoms with Gasteiger partial charge in [-0.3, -0.25) is 4.99 Å². The minimum atomic E-state index is 1.04. The van der Waals surface area contributed by atoms with E-state index in [1.807, 2.05) is 69.2 Å². The number of aliphatic imine (C=N–C) groups is 1. The molecule has 0 radical (unpaired) electrons. The van der Waals surface area contributed by atoms with Crippen molar-refractivity contribution in [1.82, 2.24) is 0 Å². The fourth-order valence-electron chi connectivity index (χ4n) is 12.3. The maximum atomic E-state index is 4.47. The summed E-state index contributed by atoms with van der Waals surface area (Å²) in [5.74, 6) is 0. The molecule has 0 saturated carbocycles. The largest absolute Gasteiger partial charge is 0.257 e. The molecular formula is C90H105N. The molecule has 1 aliphatic heterocycles. The first kappa shape index (κ1) is 71.4. The summed E-state index contributed by atoms with van der Waals surface area (Å²) in [6.45, 7) is 33.0. The van der Waals surface area contributed by atoms with Crippen molar-refractivity contribution < 1.29 is 0 Å². The summed E-state index contributed by atoms with van der Waals surface area (Å²) < 4.78 is 0. The highest BCUT2D eigenvalue weighted by Gasteiger charge is 2.19. The summed E-state index contributed by atoms with van der Waals surface area (Å²) in [6.07, 6.45) is 9.88. The molecule has 11 aromatic carbocycles. The Hall–Kier alpha value is -8.65. The minimum absolute atomic E-state index is 1.04. The highest BCUT2D eigenvalue weighted by atomic mass is 14.8. The highest BCUT2D eigenvalue weighted by molar-refractivity contribution is 5.92. The van der Waals surface area contributed by atoms with Crippen molar-refractivity contribution in [2.45, 2.75) is 169 Å². The zero-order chi connectivity index (χ0) is 65.7. The zero-order valence-electron chi connectivity index (χ0n) is 58.3. The smallest absolute Gasteiger partial charge is 0.0667 e. The van der Waals surface area contributed by atoms with Crippen molar-refractivity contribution in [3.63, 3.8) is 0 Å². The van der Waals surface area contributed by atoms with Crippen LogP contribution in [0.1, 0.15) is 199 Å². The van der Waals surface area contributed by atoms with E-state index < -0.39 is 0 Å². The number of hydrogen-bond donors (Lipinski definition) is 0. The molecule has 0 aromatic heterocycles. The summed E-state index contributed by atoms with van der Waals surface area (Å²) in [5, 5.41) is 2.62. The van der Waals surface area contributed by atoms with Gasteiger partial charge in [0.25, 0.3) is 0 Å². The van der Waals surface area contributed by atoms with Gasteiger partial charge >= 0.3 is 0 Å². The average molecular weight is 1200 g/mol. The van der Waals surface area contributed by atoms with Crippen molar-refractivity contribution in [3.05, 3.63) is 359 Å². The summed E-state index contributed by atoms with van der Waals surface area (Å²) in [7, 11) is 0. The number of benzene rings is 11. The third kappa shape index (κ3) is 19.7. The maximum Gasteiger partial charge on any atom is 0.0667 e. The summed E-state index contributed by atoms with van der Waals surface area (Å²) in [5.41, 5.74) is 34.8. The lowest BCUT2D eigenvalue weighted by molar-refractivity contribution is 0.986. The van der Waals surface area contributed by atoms with Gasteiger partial charge in [0.05, 0.1) is 5.69 Å². The van der Waals surface area contributed by atoms with E-state index >= 15 is 0 Å². The molecule has 4 aliphatic carbocycles. The Kier molecular flexibility index (Phi) is 29.4. The molecule has 0 atom stereocenters. The molecule has 1 heteroatoms. The Balaban J connectivity index is 0.000000169. The van der Waals surface area contributed by atoms with Gasteiger partial charge in [-0.25, -0.2) is 0 Å². The van der Waals surface area contributed by atoms with Crippen LogP contribution in [0.25, 0.3) is 10.8 Å². The normalized spacial score (nSPS) is 11.8. The average Bonchev–Trinajstić information content (AvgIpc) is 2.83. The SMILES string of the molecule is CC.CC.CC.CC.CC.CC1=Nc2cc(C)c(C)cc2C1.Cc1ccc2c(c1)Cc1ccccc1C2.Cc1cccc2c1Cc1ccccc1C2.Cc1cccc2c1Cc1ccccc1C2.c1ccc2c(c1)Cc1ccccc1C2.c1ccc2ccccc2c1. The number of nitrogens with zero attached hydrogens (tertiary/aromatic N) is 1. The lowest BCUT2D eigenvalue weighted by Gasteiger charge is -2.21. The molecule has 0 amide bonds. The van der Waals surface area contributed by atoms with Crippen LogP contribution in [0.5, 0.6) is 0 Å². The highest BCUT2D eigenvalue weighted by Crippen LogP contribution is 2.33. The molecule has 470 valence electrons. The number of fused-ring (bicyclic) bond motifs is 10. The van der Waals surface area contributed by atoms with E-state index in [1.165, 1.54) is 145 Å². The van der Waals surface area contributed by atoms with Crippen LogP contribution in [0, 0.1) is 34.6 Å². The van der Waals surface area contributed by atoms with Gasteiger partial charge in [0.15, 0.2) is 0 Å². The van der Waals surface area contributed by atoms with Gasteiger partial charge in [0, 0.05) is 12.1 Å². The summed E-state index contributed by atoms with van der Waals surface area (Å²) >= 11 is 0. The molecule has 11 aromatic rings. The van der Waals surface area contributed by atoms with Crippen molar-refractivity contribution in [3.8, 4) is 0 Å². The second kappa shape index (κ2) is 37.5. The quantitative estimate of drug-likeness (QED) is 0.143. The molecule has 5 aliphatic rings. The van der Waals surface area contributed by atoms with E-state index in [0.717, 1.165) is 57.8 Å². The van der Waals surface area contributed by atoms with Gasteiger partial charge in [0.2, 0.25) is 0 Å². The van der Waals surface area contributed by atoms with Gasteiger partial charge in [-0.1, -0.05) is 305 Å². The Morgan fingerprint density at radius 3 is 0.835 bits per heavy atom. The number of hydrogen-bond acceptors (Lipinski definition) is 1. The molecule has 0 bridgehead atoms. The minimum Gasteiger partial charge on any atom is -0.257 e. The van der Waals surface area contributed by atoms with Crippen LogP contribution in [0.2, 0.25) is 0 Å². The topological polar surface area (TPSA) is 12.4 Å². The van der Waals surface area contributed by atoms with Crippen molar-refractivity contribution >= 4 is 22.2 Å². The van der Waals surface area contributed by atoms with E-state index in [-0.39, 0.29) is 0 Å². The Morgan fingerprint density at radius 2 is 0.484 bits per heavy atom. The maximum absolute atomic E-state index is 4.47. The number of aryl methyl sites for hydroxylation is 5. The molecule has 0 fully saturated rings. The van der Waals surface area contributed by atoms with Crippen molar-refractivity contribution in [1.29, 1.82) is 0 Å². The molecule has 1 nitrogen and oxygen atoms in total. The van der Waals surface area contributed by atoms with Gasteiger partial charge < -0.3 is 0 Å². The molecule has 1 heterocycles. The van der Waals surface area contributed by atoms with E-state index in [1.54, 1.807) is 0 Å². The van der Waals surface area contributed by atoms with E-state index in [2.05, 4.69) is 283 Å². The van der Waals surface area contributed by atoms with E-state index in [9.17, 15) is 0 Å². The first-order valence-electron chi connectivity index (χ1n) is 34.2. The predicted octanol–water partition coefficient (Wildman–Crippen LogP) is 24.6. The lowest BCUT2D eigenvalue weighted by atomic mass is 9.84. The summed E-state index contributed by atoms with van der Waals surface area (Å²) in [4.78, 5) is 4.47. The standard InChI is InChI=1S/3C15H14.C14H12.C11H13N.C10H8.5C2H6/c2*1-11-5-4-8-14-9-12-6-2-3-7-13(12)10-15(11)14;1-11-6-7-14-9-12-4-2-3-5-13(12)10-15(14)8-11;1-2-6-12-10-14-8-4-3-7-13(14)9-11(12)5-1;1-7-4-10-6-9(3)12-11(10)5-8(7)2;1-2-6-10-8-4-3-7-9(10)5-1;5*1-2/h3*2-8H,9-10H2,1H3;1-8H,9-10H2;4-5H,6H2,1-3H3;1-8H;5*1-2H3. The van der Waals surface area contributed by atoms with Crippen LogP contribution in [-0.4, -0.2) is 5.71 Å². The van der Waals surface area contributed by atoms with E-state index in [4.69, 9.17) is 0 Å². The second-order valence-corrected chi connectivity index (χ2v) is 22.9. The molecule has 0 unspecified atom stereocenters. The molecule has 91 heavy (non-hydrogen) atoms. The van der Waals surface area contributed by atoms with Gasteiger partial charge in [-0.2, -0.15) is 0 Å². The molecule has 0 spiro atoms. The van der Waals surface area contributed by atoms with Crippen LogP contribution in [0.15, 0.2) is 242 Å². The molecule has 0 N–H and O–H groups in total. The van der Waals surface area contributed by atoms with Crippen LogP contribution in [0.4, 0.5) is 5.69 Å². The monoisotopic (exact) mass is 1200 g/mol. The third-order valence-corrected chi connectivity index (χ3v) is 17.1. The number of rotatable bonds is 0. The van der Waals surface area contributed by atoms with E-state index in [0.29, 0.717) is 0 Å². The van der Waals surface area contributed by atoms with Gasteiger partial charge in [-0.15, -0.1) is 0 Å². The second-order valence-electron chi connectivity index (χ2n) is 22.9. The lowest BCUT2D eigenvalue weighted by Crippen LogP contribution is -2.08. The van der Waals surface area contributed by atoms with Crippen molar-refractivity contribution in [2.75, 3.05) is 0 Å². The Morgan fingerprint density at radius 1 is 0.209 bits per heavy atom. The Labute approximate surface area is 551 Å². The predicted molar refractivity (Wildman–Crippen MR) is 401 cm³/mol. The molecular weight excluding hydrogens is 1090 g/mol. The van der Waals surface area contributed by atoms with Crippen LogP contribution in [0.3, 0.4) is 0 Å². The van der Waals surface area contributed by atoms with Gasteiger partial charge in [0.1, 0.15) is 0 Å². The van der Waals surface area contributed by atoms with Gasteiger partial charge in [-0.05, 0) is 227 Å². The van der Waals surface area contributed by atoms with Crippen LogP contribution < -0.4 is 0 Å². The van der Waals surface area contributed by atoms with Crippen LogP contribution in [-0.2, 0) is 57.8 Å². The fourth-order valence-corrected chi connectivity index (χ4v) is 12.3. The molecule has 0 saturated heterocycles. The first-order valence-corrected chi connectivity index (χ1v) is 34.2. The molecule has 16 rings (SSSR count). The van der Waals surface area contributed by atoms with Crippen molar-refractivity contribution in [2.24, 2.45) is 4.99 Å². The third-order valence-electron chi connectivity index (χ3n) is 17.1. The zero-order valence-corrected chi connectivity index (χ0v) is 58.3. The summed E-state index contributed by atoms with van der Waals surface area (Å²) in [6, 6.07) is 85.1. The first-order chi connectivity index (χ1) is 44.6. The Bertz CT molecular complexity index is 3790. The fraction of sp³-hybridized carbons (Fsp3) is 0.278. The van der Waals surface area contributed by atoms with Crippen LogP contribution >= 0.6 is 0 Å².